The summed E-state index contributed by atoms with van der Waals surface area (Å²) in [6.45, 7) is 3.01. The Hall–Kier alpha value is -2.22. The number of aromatic nitrogens is 4. The third-order valence-electron chi connectivity index (χ3n) is 4.41. The Kier molecular flexibility index (Phi) is 4.42. The number of H-pyrrole nitrogens is 1. The minimum Gasteiger partial charge on any atom is -0.348 e. The van der Waals surface area contributed by atoms with Crippen LogP contribution in [0.4, 0.5) is 5.82 Å². The molecule has 0 radical (unpaired) electrons. The van der Waals surface area contributed by atoms with Gasteiger partial charge in [0.05, 0.1) is 12.9 Å². The molecular formula is C15H23N7O. The summed E-state index contributed by atoms with van der Waals surface area (Å²) in [5.41, 5.74) is 7.40. The van der Waals surface area contributed by atoms with E-state index in [1.54, 1.807) is 6.33 Å². The average molecular weight is 317 g/mol. The zero-order valence-electron chi connectivity index (χ0n) is 13.6. The molecule has 0 bridgehead atoms. The number of nitrogens with zero attached hydrogens (tertiary/aromatic N) is 5. The van der Waals surface area contributed by atoms with Crippen molar-refractivity contribution in [2.24, 2.45) is 5.73 Å². The van der Waals surface area contributed by atoms with Gasteiger partial charge in [0.25, 0.3) is 0 Å². The predicted molar refractivity (Wildman–Crippen MR) is 88.0 cm³/mol. The second-order valence-electron chi connectivity index (χ2n) is 6.16. The molecule has 0 aromatic carbocycles. The number of hydrogen-bond acceptors (Lipinski definition) is 6. The highest BCUT2D eigenvalue weighted by molar-refractivity contribution is 5.87. The molecule has 2 unspecified atom stereocenters. The van der Waals surface area contributed by atoms with E-state index in [0.717, 1.165) is 31.3 Å². The molecule has 1 amide bonds. The van der Waals surface area contributed by atoms with E-state index in [4.69, 9.17) is 5.73 Å². The molecule has 3 heterocycles. The highest BCUT2D eigenvalue weighted by Crippen LogP contribution is 2.21. The SMILES string of the molecule is CC(N)C1CCCCN1C(=O)CN(C)c1ncnc2nc[nH]c12. The van der Waals surface area contributed by atoms with Crippen LogP contribution in [0.25, 0.3) is 11.2 Å². The van der Waals surface area contributed by atoms with Crippen LogP contribution in [0.1, 0.15) is 26.2 Å². The van der Waals surface area contributed by atoms with Gasteiger partial charge in [0.2, 0.25) is 5.91 Å². The molecule has 1 aliphatic rings. The smallest absolute Gasteiger partial charge is 0.242 e. The number of anilines is 1. The first-order valence-electron chi connectivity index (χ1n) is 7.98. The lowest BCUT2D eigenvalue weighted by molar-refractivity contribution is -0.133. The van der Waals surface area contributed by atoms with Crippen molar-refractivity contribution < 1.29 is 4.79 Å². The van der Waals surface area contributed by atoms with Gasteiger partial charge in [-0.1, -0.05) is 0 Å². The summed E-state index contributed by atoms with van der Waals surface area (Å²) in [7, 11) is 1.85. The molecule has 23 heavy (non-hydrogen) atoms. The van der Waals surface area contributed by atoms with Crippen LogP contribution in [0.15, 0.2) is 12.7 Å². The Labute approximate surface area is 135 Å². The van der Waals surface area contributed by atoms with Gasteiger partial charge in [-0.25, -0.2) is 15.0 Å². The van der Waals surface area contributed by atoms with Crippen LogP contribution in [-0.2, 0) is 4.79 Å². The van der Waals surface area contributed by atoms with Crippen molar-refractivity contribution in [2.45, 2.75) is 38.3 Å². The Morgan fingerprint density at radius 2 is 2.30 bits per heavy atom. The van der Waals surface area contributed by atoms with Crippen LogP contribution in [-0.4, -0.2) is 63.0 Å². The highest BCUT2D eigenvalue weighted by Gasteiger charge is 2.29. The lowest BCUT2D eigenvalue weighted by Gasteiger charge is -2.38. The summed E-state index contributed by atoms with van der Waals surface area (Å²) >= 11 is 0. The van der Waals surface area contributed by atoms with Gasteiger partial charge in [0, 0.05) is 25.7 Å². The van der Waals surface area contributed by atoms with Crippen molar-refractivity contribution >= 4 is 22.9 Å². The molecule has 1 aliphatic heterocycles. The van der Waals surface area contributed by atoms with Crippen LogP contribution in [0.2, 0.25) is 0 Å². The zero-order chi connectivity index (χ0) is 16.4. The fraction of sp³-hybridized carbons (Fsp3) is 0.600. The van der Waals surface area contributed by atoms with Gasteiger partial charge in [-0.2, -0.15) is 0 Å². The first-order chi connectivity index (χ1) is 11.1. The van der Waals surface area contributed by atoms with E-state index < -0.39 is 0 Å². The molecule has 0 aliphatic carbocycles. The van der Waals surface area contributed by atoms with E-state index in [9.17, 15) is 4.79 Å². The van der Waals surface area contributed by atoms with E-state index >= 15 is 0 Å². The topological polar surface area (TPSA) is 104 Å². The second kappa shape index (κ2) is 6.49. The van der Waals surface area contributed by atoms with E-state index in [1.165, 1.54) is 6.33 Å². The highest BCUT2D eigenvalue weighted by atomic mass is 16.2. The molecule has 3 N–H and O–H groups in total. The lowest BCUT2D eigenvalue weighted by Crippen LogP contribution is -2.53. The van der Waals surface area contributed by atoms with Crippen molar-refractivity contribution in [3.8, 4) is 0 Å². The fourth-order valence-corrected chi connectivity index (χ4v) is 3.22. The Morgan fingerprint density at radius 1 is 1.48 bits per heavy atom. The summed E-state index contributed by atoms with van der Waals surface area (Å²) in [6, 6.07) is 0.116. The first kappa shape index (κ1) is 15.7. The number of rotatable bonds is 4. The molecule has 124 valence electrons. The maximum atomic E-state index is 12.7. The number of hydrogen-bond donors (Lipinski definition) is 2. The standard InChI is InChI=1S/C15H23N7O/c1-10(16)11-5-3-4-6-22(11)12(23)7-21(2)15-13-14(18-8-17-13)19-9-20-15/h8-11H,3-7,16H2,1-2H3,(H,17,18,19,20). The summed E-state index contributed by atoms with van der Waals surface area (Å²) in [5.74, 6) is 0.760. The predicted octanol–water partition coefficient (Wildman–Crippen LogP) is 0.517. The molecule has 1 saturated heterocycles. The fourth-order valence-electron chi connectivity index (χ4n) is 3.22. The van der Waals surface area contributed by atoms with Gasteiger partial charge in [-0.05, 0) is 26.2 Å². The molecule has 1 fully saturated rings. The maximum absolute atomic E-state index is 12.7. The Balaban J connectivity index is 1.75. The molecule has 8 nitrogen and oxygen atoms in total. The van der Waals surface area contributed by atoms with Crippen molar-refractivity contribution in [1.29, 1.82) is 0 Å². The van der Waals surface area contributed by atoms with Gasteiger partial charge in [-0.15, -0.1) is 0 Å². The normalized spacial score (nSPS) is 19.8. The summed E-state index contributed by atoms with van der Waals surface area (Å²) < 4.78 is 0. The third-order valence-corrected chi connectivity index (χ3v) is 4.41. The third kappa shape index (κ3) is 3.12. The molecule has 2 aromatic heterocycles. The number of nitrogens with one attached hydrogen (secondary N) is 1. The van der Waals surface area contributed by atoms with Gasteiger partial charge in [-0.3, -0.25) is 4.79 Å². The van der Waals surface area contributed by atoms with Gasteiger partial charge in [0.1, 0.15) is 11.8 Å². The van der Waals surface area contributed by atoms with Gasteiger partial charge in [0.15, 0.2) is 11.5 Å². The van der Waals surface area contributed by atoms with Crippen LogP contribution in [0.3, 0.4) is 0 Å². The Morgan fingerprint density at radius 3 is 3.09 bits per heavy atom. The van der Waals surface area contributed by atoms with E-state index in [-0.39, 0.29) is 24.5 Å². The number of amides is 1. The largest absolute Gasteiger partial charge is 0.348 e. The van der Waals surface area contributed by atoms with Crippen molar-refractivity contribution in [2.75, 3.05) is 25.0 Å². The zero-order valence-corrected chi connectivity index (χ0v) is 13.6. The molecule has 0 saturated carbocycles. The number of likely N-dealkylation sites (tertiary alicyclic amines) is 1. The Bertz CT molecular complexity index is 683. The number of likely N-dealkylation sites (N-methyl/N-ethyl adjacent to an activating group) is 1. The molecule has 2 atom stereocenters. The van der Waals surface area contributed by atoms with Crippen LogP contribution in [0.5, 0.6) is 0 Å². The minimum atomic E-state index is -0.0112. The lowest BCUT2D eigenvalue weighted by atomic mass is 9.97. The average Bonchev–Trinajstić information content (AvgIpc) is 3.03. The molecule has 8 heteroatoms. The van der Waals surface area contributed by atoms with Crippen molar-refractivity contribution in [3.05, 3.63) is 12.7 Å². The summed E-state index contributed by atoms with van der Waals surface area (Å²) in [6.07, 6.45) is 6.19. The minimum absolute atomic E-state index is 0.0112. The quantitative estimate of drug-likeness (QED) is 0.852. The van der Waals surface area contributed by atoms with Crippen LogP contribution < -0.4 is 10.6 Å². The van der Waals surface area contributed by atoms with E-state index in [1.807, 2.05) is 23.8 Å². The molecular weight excluding hydrogens is 294 g/mol. The van der Waals surface area contributed by atoms with Gasteiger partial charge >= 0.3 is 0 Å². The number of carbonyl (C=O) groups is 1. The monoisotopic (exact) mass is 317 g/mol. The number of imidazole rings is 1. The van der Waals surface area contributed by atoms with Crippen LogP contribution in [0, 0.1) is 0 Å². The van der Waals surface area contributed by atoms with Gasteiger partial charge < -0.3 is 20.5 Å². The molecule has 0 spiro atoms. The number of nitrogens with two attached hydrogens (primary N) is 1. The number of fused-ring (bicyclic) bond motifs is 1. The molecule has 3 rings (SSSR count). The number of carbonyl (C=O) groups excluding carboxylic acids is 1. The first-order valence-corrected chi connectivity index (χ1v) is 7.98. The number of piperidine rings is 1. The molecule has 2 aromatic rings. The van der Waals surface area contributed by atoms with Crippen LogP contribution >= 0.6 is 0 Å². The van der Waals surface area contributed by atoms with E-state index in [0.29, 0.717) is 11.5 Å². The maximum Gasteiger partial charge on any atom is 0.242 e. The summed E-state index contributed by atoms with van der Waals surface area (Å²) in [4.78, 5) is 32.0. The number of aromatic amines is 1. The summed E-state index contributed by atoms with van der Waals surface area (Å²) in [5, 5.41) is 0. The van der Waals surface area contributed by atoms with E-state index in [2.05, 4.69) is 19.9 Å². The van der Waals surface area contributed by atoms with Crippen molar-refractivity contribution in [3.63, 3.8) is 0 Å². The van der Waals surface area contributed by atoms with Crippen molar-refractivity contribution in [1.82, 2.24) is 24.8 Å². The second-order valence-corrected chi connectivity index (χ2v) is 6.16.